The van der Waals surface area contributed by atoms with E-state index in [4.69, 9.17) is 11.6 Å². The number of allylic oxidation sites excluding steroid dienone is 1. The van der Waals surface area contributed by atoms with Gasteiger partial charge in [-0.3, -0.25) is 0 Å². The highest BCUT2D eigenvalue weighted by atomic mass is 79.9. The quantitative estimate of drug-likeness (QED) is 0.632. The molecular weight excluding hydrogens is 329 g/mol. The molecule has 1 aromatic rings. The molecule has 0 spiro atoms. The van der Waals surface area contributed by atoms with Gasteiger partial charge in [0.1, 0.15) is 0 Å². The van der Waals surface area contributed by atoms with Crippen molar-refractivity contribution in [2.45, 2.75) is 0 Å². The number of hydrogen-bond acceptors (Lipinski definition) is 1. The second kappa shape index (κ2) is 6.49. The van der Waals surface area contributed by atoms with Crippen molar-refractivity contribution in [3.05, 3.63) is 39.3 Å². The van der Waals surface area contributed by atoms with Crippen molar-refractivity contribution < 1.29 is 0 Å². The SMILES string of the molecule is ClC/C=C/CNc1c(Br)cccc1Br. The fourth-order valence-electron chi connectivity index (χ4n) is 0.974. The lowest BCUT2D eigenvalue weighted by atomic mass is 10.3. The Labute approximate surface area is 106 Å². The van der Waals surface area contributed by atoms with Crippen LogP contribution in [-0.4, -0.2) is 12.4 Å². The smallest absolute Gasteiger partial charge is 0.0631 e. The second-order valence-corrected chi connectivity index (χ2v) is 4.62. The lowest BCUT2D eigenvalue weighted by Crippen LogP contribution is -1.99. The number of para-hydroxylation sites is 1. The van der Waals surface area contributed by atoms with Crippen LogP contribution in [0.1, 0.15) is 0 Å². The molecular formula is C10H10Br2ClN. The van der Waals surface area contributed by atoms with Gasteiger partial charge in [0.2, 0.25) is 0 Å². The van der Waals surface area contributed by atoms with Gasteiger partial charge >= 0.3 is 0 Å². The van der Waals surface area contributed by atoms with Crippen molar-refractivity contribution >= 4 is 49.1 Å². The van der Waals surface area contributed by atoms with E-state index < -0.39 is 0 Å². The Kier molecular flexibility index (Phi) is 5.60. The van der Waals surface area contributed by atoms with E-state index >= 15 is 0 Å². The molecule has 0 unspecified atom stereocenters. The molecule has 1 rings (SSSR count). The van der Waals surface area contributed by atoms with Crippen molar-refractivity contribution in [2.24, 2.45) is 0 Å². The van der Waals surface area contributed by atoms with Crippen LogP contribution in [-0.2, 0) is 0 Å². The Morgan fingerprint density at radius 3 is 2.43 bits per heavy atom. The van der Waals surface area contributed by atoms with Crippen LogP contribution in [0.15, 0.2) is 39.3 Å². The molecule has 0 amide bonds. The Balaban J connectivity index is 2.62. The molecule has 76 valence electrons. The Morgan fingerprint density at radius 2 is 1.86 bits per heavy atom. The normalized spacial score (nSPS) is 10.8. The molecule has 14 heavy (non-hydrogen) atoms. The molecule has 0 aromatic heterocycles. The van der Waals surface area contributed by atoms with Crippen LogP contribution in [0.2, 0.25) is 0 Å². The maximum Gasteiger partial charge on any atom is 0.0631 e. The summed E-state index contributed by atoms with van der Waals surface area (Å²) >= 11 is 12.5. The third kappa shape index (κ3) is 3.64. The van der Waals surface area contributed by atoms with Crippen LogP contribution in [0.25, 0.3) is 0 Å². The summed E-state index contributed by atoms with van der Waals surface area (Å²) in [5.41, 5.74) is 1.06. The summed E-state index contributed by atoms with van der Waals surface area (Å²) in [5, 5.41) is 3.28. The van der Waals surface area contributed by atoms with Gasteiger partial charge < -0.3 is 5.32 Å². The molecule has 1 aromatic carbocycles. The van der Waals surface area contributed by atoms with E-state index in [2.05, 4.69) is 37.2 Å². The molecule has 0 saturated heterocycles. The molecule has 0 radical (unpaired) electrons. The van der Waals surface area contributed by atoms with Crippen molar-refractivity contribution in [1.29, 1.82) is 0 Å². The monoisotopic (exact) mass is 337 g/mol. The third-order valence-electron chi connectivity index (χ3n) is 1.62. The van der Waals surface area contributed by atoms with Gasteiger partial charge in [-0.05, 0) is 44.0 Å². The van der Waals surface area contributed by atoms with Gasteiger partial charge in [-0.25, -0.2) is 0 Å². The van der Waals surface area contributed by atoms with Crippen LogP contribution in [0, 0.1) is 0 Å². The van der Waals surface area contributed by atoms with Gasteiger partial charge in [0, 0.05) is 21.4 Å². The zero-order chi connectivity index (χ0) is 10.4. The molecule has 0 bridgehead atoms. The first-order chi connectivity index (χ1) is 6.75. The molecule has 4 heteroatoms. The lowest BCUT2D eigenvalue weighted by Gasteiger charge is -2.08. The Morgan fingerprint density at radius 1 is 1.21 bits per heavy atom. The number of nitrogens with one attached hydrogen (secondary N) is 1. The highest BCUT2D eigenvalue weighted by Crippen LogP contribution is 2.30. The fraction of sp³-hybridized carbons (Fsp3) is 0.200. The maximum absolute atomic E-state index is 5.51. The maximum atomic E-state index is 5.51. The molecule has 0 heterocycles. The highest BCUT2D eigenvalue weighted by molar-refractivity contribution is 9.11. The van der Waals surface area contributed by atoms with Gasteiger partial charge in [-0.1, -0.05) is 18.2 Å². The lowest BCUT2D eigenvalue weighted by molar-refractivity contribution is 1.31. The number of benzene rings is 1. The average molecular weight is 339 g/mol. The number of halogens is 3. The summed E-state index contributed by atoms with van der Waals surface area (Å²) in [6.45, 7) is 0.772. The second-order valence-electron chi connectivity index (χ2n) is 2.60. The van der Waals surface area contributed by atoms with E-state index in [0.717, 1.165) is 21.2 Å². The largest absolute Gasteiger partial charge is 0.380 e. The first kappa shape index (κ1) is 12.1. The van der Waals surface area contributed by atoms with Crippen LogP contribution < -0.4 is 5.32 Å². The van der Waals surface area contributed by atoms with Gasteiger partial charge in [0.15, 0.2) is 0 Å². The van der Waals surface area contributed by atoms with E-state index in [1.165, 1.54) is 0 Å². The van der Waals surface area contributed by atoms with Gasteiger partial charge in [0.25, 0.3) is 0 Å². The summed E-state index contributed by atoms with van der Waals surface area (Å²) in [5.74, 6) is 0.554. The molecule has 0 aliphatic rings. The van der Waals surface area contributed by atoms with Crippen LogP contribution in [0.4, 0.5) is 5.69 Å². The average Bonchev–Trinajstić information content (AvgIpc) is 2.16. The summed E-state index contributed by atoms with van der Waals surface area (Å²) in [6, 6.07) is 5.98. The van der Waals surface area contributed by atoms with Crippen molar-refractivity contribution in [1.82, 2.24) is 0 Å². The van der Waals surface area contributed by atoms with E-state index in [0.29, 0.717) is 5.88 Å². The van der Waals surface area contributed by atoms with Gasteiger partial charge in [-0.15, -0.1) is 11.6 Å². The predicted octanol–water partition coefficient (Wildman–Crippen LogP) is 4.42. The van der Waals surface area contributed by atoms with Gasteiger partial charge in [0.05, 0.1) is 5.69 Å². The minimum atomic E-state index is 0.554. The van der Waals surface area contributed by atoms with Gasteiger partial charge in [-0.2, -0.15) is 0 Å². The zero-order valence-corrected chi connectivity index (χ0v) is 11.4. The minimum Gasteiger partial charge on any atom is -0.380 e. The number of hydrogen-bond donors (Lipinski definition) is 1. The summed E-state index contributed by atoms with van der Waals surface area (Å²) in [7, 11) is 0. The van der Waals surface area contributed by atoms with Crippen molar-refractivity contribution in [2.75, 3.05) is 17.7 Å². The van der Waals surface area contributed by atoms with E-state index in [-0.39, 0.29) is 0 Å². The minimum absolute atomic E-state index is 0.554. The molecule has 0 fully saturated rings. The third-order valence-corrected chi connectivity index (χ3v) is 3.12. The van der Waals surface area contributed by atoms with E-state index in [1.54, 1.807) is 0 Å². The molecule has 0 saturated carbocycles. The topological polar surface area (TPSA) is 12.0 Å². The standard InChI is InChI=1S/C10H10Br2ClN/c11-8-4-3-5-9(12)10(8)14-7-2-1-6-13/h1-5,14H,6-7H2/b2-1+. The van der Waals surface area contributed by atoms with Crippen molar-refractivity contribution in [3.63, 3.8) is 0 Å². The summed E-state index contributed by atoms with van der Waals surface area (Å²) in [6.07, 6.45) is 3.91. The predicted molar refractivity (Wildman–Crippen MR) is 70.2 cm³/mol. The number of alkyl halides is 1. The van der Waals surface area contributed by atoms with Crippen LogP contribution in [0.3, 0.4) is 0 Å². The fourth-order valence-corrected chi connectivity index (χ4v) is 2.38. The Hall–Kier alpha value is 0.01000. The van der Waals surface area contributed by atoms with Crippen molar-refractivity contribution in [3.8, 4) is 0 Å². The first-order valence-corrected chi connectivity index (χ1v) is 6.26. The molecule has 1 nitrogen and oxygen atoms in total. The molecule has 1 N–H and O–H groups in total. The Bertz CT molecular complexity index is 306. The van der Waals surface area contributed by atoms with Crippen LogP contribution >= 0.6 is 43.5 Å². The zero-order valence-electron chi connectivity index (χ0n) is 7.43. The molecule has 0 atom stereocenters. The van der Waals surface area contributed by atoms with E-state index in [1.807, 2.05) is 30.4 Å². The van der Waals surface area contributed by atoms with E-state index in [9.17, 15) is 0 Å². The first-order valence-electron chi connectivity index (χ1n) is 4.14. The molecule has 0 aliphatic heterocycles. The number of anilines is 1. The molecule has 0 aliphatic carbocycles. The highest BCUT2D eigenvalue weighted by Gasteiger charge is 2.01. The summed E-state index contributed by atoms with van der Waals surface area (Å²) in [4.78, 5) is 0. The summed E-state index contributed by atoms with van der Waals surface area (Å²) < 4.78 is 2.09. The number of rotatable bonds is 4. The van der Waals surface area contributed by atoms with Crippen LogP contribution in [0.5, 0.6) is 0 Å².